The highest BCUT2D eigenvalue weighted by atomic mass is 35.7. The molecule has 1 amide bonds. The molecule has 1 aromatic rings. The molecule has 0 bridgehead atoms. The lowest BCUT2D eigenvalue weighted by molar-refractivity contribution is -0.146. The van der Waals surface area contributed by atoms with Crippen molar-refractivity contribution in [3.05, 3.63) is 42.5 Å². The molecule has 0 aromatic heterocycles. The predicted octanol–water partition coefficient (Wildman–Crippen LogP) is 4.17. The number of carbonyl (C=O) groups excluding carboxylic acids is 2. The third-order valence-electron chi connectivity index (χ3n) is 3.97. The number of nitrogens with zero attached hydrogens (tertiary/aromatic N) is 1. The summed E-state index contributed by atoms with van der Waals surface area (Å²) in [7, 11) is 1.69. The van der Waals surface area contributed by atoms with Gasteiger partial charge in [-0.25, -0.2) is 9.46 Å². The van der Waals surface area contributed by atoms with E-state index >= 15 is 0 Å². The quantitative estimate of drug-likeness (QED) is 0.150. The highest BCUT2D eigenvalue weighted by Gasteiger charge is 2.25. The molecule has 0 aliphatic carbocycles. The van der Waals surface area contributed by atoms with Crippen LogP contribution in [0.5, 0.6) is 0 Å². The Bertz CT molecular complexity index is 731. The van der Waals surface area contributed by atoms with E-state index in [4.69, 9.17) is 27.6 Å². The Balaban J connectivity index is 2.75. The predicted molar refractivity (Wildman–Crippen MR) is 119 cm³/mol. The lowest BCUT2D eigenvalue weighted by atomic mass is 10.1. The van der Waals surface area contributed by atoms with Gasteiger partial charge in [-0.1, -0.05) is 24.8 Å². The first-order valence-corrected chi connectivity index (χ1v) is 12.3. The van der Waals surface area contributed by atoms with Crippen LogP contribution in [0.3, 0.4) is 0 Å². The number of halogens is 2. The zero-order valence-electron chi connectivity index (χ0n) is 16.7. The van der Waals surface area contributed by atoms with Crippen LogP contribution in [-0.2, 0) is 25.3 Å². The molecule has 0 fully saturated rings. The van der Waals surface area contributed by atoms with Gasteiger partial charge in [0.05, 0.1) is 0 Å². The molecule has 1 rings (SSSR count). The van der Waals surface area contributed by atoms with Gasteiger partial charge in [0.15, 0.2) is 0 Å². The number of esters is 1. The van der Waals surface area contributed by atoms with E-state index in [1.807, 2.05) is 0 Å². The summed E-state index contributed by atoms with van der Waals surface area (Å²) in [6.45, 7) is 2.20. The molecule has 29 heavy (non-hydrogen) atoms. The van der Waals surface area contributed by atoms with Gasteiger partial charge < -0.3 is 15.1 Å². The number of hydrogen-bond acceptors (Lipinski definition) is 4. The SMILES string of the molecule is C=CCOC(=O)[C@H](Cc1ccc(NP(=O)(Cl)N(C)CCCCCl)cc1)NC(C)=O. The molecule has 0 heterocycles. The number of carbonyl (C=O) groups is 2. The summed E-state index contributed by atoms with van der Waals surface area (Å²) in [5.74, 6) is -0.314. The van der Waals surface area contributed by atoms with E-state index in [1.54, 1.807) is 36.0 Å². The van der Waals surface area contributed by atoms with E-state index in [0.717, 1.165) is 18.4 Å². The van der Waals surface area contributed by atoms with Crippen LogP contribution in [0, 0.1) is 0 Å². The summed E-state index contributed by atoms with van der Waals surface area (Å²) in [6.07, 6.45) is 3.33. The first kappa shape index (κ1) is 25.5. The van der Waals surface area contributed by atoms with Gasteiger partial charge in [-0.05, 0) is 48.8 Å². The zero-order chi connectivity index (χ0) is 21.9. The minimum atomic E-state index is -3.26. The molecule has 2 N–H and O–H groups in total. The van der Waals surface area contributed by atoms with Crippen molar-refractivity contribution in [2.24, 2.45) is 0 Å². The molecule has 0 saturated carbocycles. The van der Waals surface area contributed by atoms with Crippen LogP contribution in [0.2, 0.25) is 0 Å². The van der Waals surface area contributed by atoms with E-state index in [2.05, 4.69) is 17.0 Å². The highest BCUT2D eigenvalue weighted by Crippen LogP contribution is 2.53. The fraction of sp³-hybridized carbons (Fsp3) is 0.474. The minimum Gasteiger partial charge on any atom is -0.460 e. The van der Waals surface area contributed by atoms with Crippen molar-refractivity contribution in [3.63, 3.8) is 0 Å². The Morgan fingerprint density at radius 3 is 2.52 bits per heavy atom. The Kier molecular flexibility index (Phi) is 11.4. The number of amides is 1. The van der Waals surface area contributed by atoms with E-state index < -0.39 is 18.8 Å². The van der Waals surface area contributed by atoms with Gasteiger partial charge in [-0.15, -0.1) is 11.6 Å². The number of rotatable bonds is 13. The number of hydrogen-bond donors (Lipinski definition) is 2. The van der Waals surface area contributed by atoms with Crippen molar-refractivity contribution in [1.29, 1.82) is 0 Å². The summed E-state index contributed by atoms with van der Waals surface area (Å²) >= 11 is 11.9. The number of benzene rings is 1. The van der Waals surface area contributed by atoms with Crippen LogP contribution >= 0.6 is 29.6 Å². The molecule has 7 nitrogen and oxygen atoms in total. The van der Waals surface area contributed by atoms with Crippen LogP contribution in [0.15, 0.2) is 36.9 Å². The molecule has 2 atom stereocenters. The number of alkyl halides is 1. The maximum Gasteiger partial charge on any atom is 0.329 e. The van der Waals surface area contributed by atoms with Crippen molar-refractivity contribution >= 4 is 47.2 Å². The van der Waals surface area contributed by atoms with E-state index in [-0.39, 0.29) is 18.9 Å². The van der Waals surface area contributed by atoms with Gasteiger partial charge in [0.2, 0.25) is 5.91 Å². The molecule has 1 unspecified atom stereocenters. The first-order chi connectivity index (χ1) is 13.7. The Morgan fingerprint density at radius 2 is 1.97 bits per heavy atom. The van der Waals surface area contributed by atoms with Crippen LogP contribution in [-0.4, -0.2) is 48.7 Å². The Hall–Kier alpha value is -1.53. The van der Waals surface area contributed by atoms with Crippen molar-refractivity contribution < 1.29 is 18.9 Å². The summed E-state index contributed by atoms with van der Waals surface area (Å²) < 4.78 is 19.3. The van der Waals surface area contributed by atoms with E-state index in [1.165, 1.54) is 13.0 Å². The summed E-state index contributed by atoms with van der Waals surface area (Å²) in [4.78, 5) is 23.5. The number of unbranched alkanes of at least 4 members (excludes halogenated alkanes) is 1. The minimum absolute atomic E-state index is 0.0706. The maximum atomic E-state index is 12.7. The fourth-order valence-corrected chi connectivity index (χ4v) is 4.19. The third kappa shape index (κ3) is 9.68. The second kappa shape index (κ2) is 12.9. The fourth-order valence-electron chi connectivity index (χ4n) is 2.44. The van der Waals surface area contributed by atoms with Crippen molar-refractivity contribution in [3.8, 4) is 0 Å². The van der Waals surface area contributed by atoms with Gasteiger partial charge in [0.25, 0.3) is 0 Å². The third-order valence-corrected chi connectivity index (χ3v) is 6.88. The van der Waals surface area contributed by atoms with Crippen molar-refractivity contribution in [2.45, 2.75) is 32.2 Å². The lowest BCUT2D eigenvalue weighted by Gasteiger charge is -2.24. The molecule has 0 aliphatic heterocycles. The van der Waals surface area contributed by atoms with Gasteiger partial charge in [0.1, 0.15) is 12.6 Å². The van der Waals surface area contributed by atoms with Crippen molar-refractivity contribution in [1.82, 2.24) is 9.99 Å². The van der Waals surface area contributed by atoms with E-state index in [9.17, 15) is 14.2 Å². The number of nitrogens with one attached hydrogen (secondary N) is 2. The molecule has 10 heteroatoms. The van der Waals surface area contributed by atoms with Gasteiger partial charge in [-0.3, -0.25) is 9.36 Å². The smallest absolute Gasteiger partial charge is 0.329 e. The number of anilines is 1. The largest absolute Gasteiger partial charge is 0.460 e. The summed E-state index contributed by atoms with van der Waals surface area (Å²) in [5, 5.41) is 5.43. The molecule has 0 aliphatic rings. The normalized spacial score (nSPS) is 14.0. The van der Waals surface area contributed by atoms with E-state index in [0.29, 0.717) is 18.1 Å². The van der Waals surface area contributed by atoms with Gasteiger partial charge >= 0.3 is 12.8 Å². The summed E-state index contributed by atoms with van der Waals surface area (Å²) in [6, 6.07) is 6.16. The Morgan fingerprint density at radius 1 is 1.31 bits per heavy atom. The molecule has 0 radical (unpaired) electrons. The molecule has 0 spiro atoms. The number of ether oxygens (including phenoxy) is 1. The van der Waals surface area contributed by atoms with Crippen LogP contribution in [0.4, 0.5) is 5.69 Å². The second-order valence-corrected chi connectivity index (χ2v) is 10.1. The molecular weight excluding hydrogens is 436 g/mol. The molecule has 1 aromatic carbocycles. The Labute approximate surface area is 182 Å². The zero-order valence-corrected chi connectivity index (χ0v) is 19.1. The average Bonchev–Trinajstić information content (AvgIpc) is 2.66. The maximum absolute atomic E-state index is 12.7. The van der Waals surface area contributed by atoms with Gasteiger partial charge in [0, 0.05) is 31.5 Å². The highest BCUT2D eigenvalue weighted by molar-refractivity contribution is 7.88. The summed E-state index contributed by atoms with van der Waals surface area (Å²) in [5.41, 5.74) is 1.38. The average molecular weight is 464 g/mol. The van der Waals surface area contributed by atoms with Crippen LogP contribution in [0.25, 0.3) is 0 Å². The van der Waals surface area contributed by atoms with Gasteiger partial charge in [-0.2, -0.15) is 0 Å². The van der Waals surface area contributed by atoms with Crippen molar-refractivity contribution in [2.75, 3.05) is 31.2 Å². The standard InChI is InChI=1S/C19H28Cl2N3O4P/c1-4-13-28-19(26)18(22-15(2)25)14-16-7-9-17(10-8-16)23-29(21,27)24(3)12-6-5-11-20/h4,7-10,18H,1,5-6,11-14H2,2-3H3,(H,22,25)(H,23,27)/t18-,29?/m0/s1. The second-order valence-electron chi connectivity index (χ2n) is 6.46. The molecule has 0 saturated heterocycles. The lowest BCUT2D eigenvalue weighted by Crippen LogP contribution is -2.42. The van der Waals surface area contributed by atoms with Crippen LogP contribution < -0.4 is 10.4 Å². The topological polar surface area (TPSA) is 87.7 Å². The first-order valence-electron chi connectivity index (χ1n) is 9.18. The monoisotopic (exact) mass is 463 g/mol. The molecule has 162 valence electrons. The molecular formula is C19H28Cl2N3O4P. The van der Waals surface area contributed by atoms with Crippen LogP contribution in [0.1, 0.15) is 25.3 Å².